The summed E-state index contributed by atoms with van der Waals surface area (Å²) in [6.45, 7) is 3.48. The summed E-state index contributed by atoms with van der Waals surface area (Å²) < 4.78 is 18.5. The van der Waals surface area contributed by atoms with Crippen molar-refractivity contribution >= 4 is 5.96 Å². The number of rotatable bonds is 6. The molecule has 0 aliphatic carbocycles. The van der Waals surface area contributed by atoms with Crippen LogP contribution in [0.2, 0.25) is 0 Å². The molecule has 0 atom stereocenters. The standard InChI is InChI=1S/C21H23FN4O/c1-15-5-3-4-6-17(15)13-25-21(23-2)24-12-11-19-14-27-20(26-19)16-7-9-18(22)10-8-16/h3-10,14H,11-13H2,1-2H3,(H2,23,24,25). The molecule has 0 unspecified atom stereocenters. The molecule has 0 spiro atoms. The van der Waals surface area contributed by atoms with Crippen LogP contribution in [0.25, 0.3) is 11.5 Å². The van der Waals surface area contributed by atoms with Gasteiger partial charge in [0.1, 0.15) is 12.1 Å². The predicted molar refractivity (Wildman–Crippen MR) is 105 cm³/mol. The Morgan fingerprint density at radius 3 is 2.63 bits per heavy atom. The number of guanidine groups is 1. The number of aromatic nitrogens is 1. The molecule has 1 heterocycles. The number of halogens is 1. The van der Waals surface area contributed by atoms with Gasteiger partial charge in [-0.25, -0.2) is 9.37 Å². The van der Waals surface area contributed by atoms with Crippen molar-refractivity contribution < 1.29 is 8.81 Å². The molecule has 6 heteroatoms. The van der Waals surface area contributed by atoms with Gasteiger partial charge in [0.05, 0.1) is 5.69 Å². The van der Waals surface area contributed by atoms with E-state index in [-0.39, 0.29) is 5.82 Å². The van der Waals surface area contributed by atoms with Gasteiger partial charge in [-0.05, 0) is 42.3 Å². The van der Waals surface area contributed by atoms with E-state index in [1.807, 2.05) is 12.1 Å². The van der Waals surface area contributed by atoms with Crippen molar-refractivity contribution in [3.05, 3.63) is 77.4 Å². The summed E-state index contributed by atoms with van der Waals surface area (Å²) in [5.41, 5.74) is 4.07. The number of nitrogens with zero attached hydrogens (tertiary/aromatic N) is 2. The van der Waals surface area contributed by atoms with Crippen LogP contribution < -0.4 is 10.6 Å². The van der Waals surface area contributed by atoms with Gasteiger partial charge in [-0.3, -0.25) is 4.99 Å². The van der Waals surface area contributed by atoms with E-state index in [0.29, 0.717) is 25.4 Å². The lowest BCUT2D eigenvalue weighted by Crippen LogP contribution is -2.38. The van der Waals surface area contributed by atoms with Gasteiger partial charge in [0, 0.05) is 32.1 Å². The van der Waals surface area contributed by atoms with Crippen LogP contribution in [-0.2, 0) is 13.0 Å². The lowest BCUT2D eigenvalue weighted by Gasteiger charge is -2.12. The van der Waals surface area contributed by atoms with Crippen LogP contribution >= 0.6 is 0 Å². The molecule has 0 amide bonds. The van der Waals surface area contributed by atoms with Crippen LogP contribution in [0.3, 0.4) is 0 Å². The Morgan fingerprint density at radius 1 is 1.11 bits per heavy atom. The minimum absolute atomic E-state index is 0.278. The maximum atomic E-state index is 13.0. The molecule has 0 saturated heterocycles. The van der Waals surface area contributed by atoms with Gasteiger partial charge >= 0.3 is 0 Å². The Labute approximate surface area is 158 Å². The zero-order valence-electron chi connectivity index (χ0n) is 15.5. The van der Waals surface area contributed by atoms with E-state index in [9.17, 15) is 4.39 Å². The Morgan fingerprint density at radius 2 is 1.89 bits per heavy atom. The smallest absolute Gasteiger partial charge is 0.226 e. The van der Waals surface area contributed by atoms with Crippen molar-refractivity contribution in [2.75, 3.05) is 13.6 Å². The number of hydrogen-bond donors (Lipinski definition) is 2. The molecular formula is C21H23FN4O. The van der Waals surface area contributed by atoms with E-state index in [1.165, 1.54) is 23.3 Å². The van der Waals surface area contributed by atoms with E-state index >= 15 is 0 Å². The molecule has 3 rings (SSSR count). The van der Waals surface area contributed by atoms with Crippen molar-refractivity contribution in [2.24, 2.45) is 4.99 Å². The molecule has 0 saturated carbocycles. The first kappa shape index (κ1) is 18.6. The van der Waals surface area contributed by atoms with Gasteiger partial charge in [0.2, 0.25) is 5.89 Å². The summed E-state index contributed by atoms with van der Waals surface area (Å²) in [5.74, 6) is 0.951. The van der Waals surface area contributed by atoms with Gasteiger partial charge in [0.25, 0.3) is 0 Å². The second-order valence-corrected chi connectivity index (χ2v) is 6.18. The SMILES string of the molecule is CN=C(NCCc1coc(-c2ccc(F)cc2)n1)NCc1ccccc1C. The summed E-state index contributed by atoms with van der Waals surface area (Å²) in [6, 6.07) is 14.3. The van der Waals surface area contributed by atoms with E-state index in [4.69, 9.17) is 4.42 Å². The Balaban J connectivity index is 1.48. The molecule has 27 heavy (non-hydrogen) atoms. The molecule has 2 aromatic carbocycles. The van der Waals surface area contributed by atoms with Gasteiger partial charge in [0.15, 0.2) is 5.96 Å². The van der Waals surface area contributed by atoms with Crippen molar-refractivity contribution in [3.63, 3.8) is 0 Å². The lowest BCUT2D eigenvalue weighted by atomic mass is 10.1. The largest absolute Gasteiger partial charge is 0.444 e. The van der Waals surface area contributed by atoms with Crippen molar-refractivity contribution in [1.82, 2.24) is 15.6 Å². The first-order valence-electron chi connectivity index (χ1n) is 8.85. The Hall–Kier alpha value is -3.15. The number of nitrogens with one attached hydrogen (secondary N) is 2. The maximum absolute atomic E-state index is 13.0. The van der Waals surface area contributed by atoms with E-state index in [0.717, 1.165) is 17.2 Å². The molecule has 140 valence electrons. The molecule has 1 aromatic heterocycles. The third kappa shape index (κ3) is 5.17. The highest BCUT2D eigenvalue weighted by molar-refractivity contribution is 5.79. The van der Waals surface area contributed by atoms with E-state index < -0.39 is 0 Å². The third-order valence-corrected chi connectivity index (χ3v) is 4.25. The highest BCUT2D eigenvalue weighted by Crippen LogP contribution is 2.18. The molecule has 5 nitrogen and oxygen atoms in total. The van der Waals surface area contributed by atoms with Gasteiger partial charge in [-0.15, -0.1) is 0 Å². The summed E-state index contributed by atoms with van der Waals surface area (Å²) >= 11 is 0. The Kier molecular flexibility index (Phi) is 6.20. The van der Waals surface area contributed by atoms with Crippen LogP contribution in [0.15, 0.2) is 64.2 Å². The second-order valence-electron chi connectivity index (χ2n) is 6.18. The van der Waals surface area contributed by atoms with Gasteiger partial charge in [-0.1, -0.05) is 24.3 Å². The summed E-state index contributed by atoms with van der Waals surface area (Å²) in [6.07, 6.45) is 2.32. The first-order valence-corrected chi connectivity index (χ1v) is 8.85. The van der Waals surface area contributed by atoms with Crippen molar-refractivity contribution in [2.45, 2.75) is 19.9 Å². The monoisotopic (exact) mass is 366 g/mol. The highest BCUT2D eigenvalue weighted by Gasteiger charge is 2.07. The predicted octanol–water partition coefficient (Wildman–Crippen LogP) is 3.70. The molecular weight excluding hydrogens is 343 g/mol. The van der Waals surface area contributed by atoms with Crippen LogP contribution in [0.5, 0.6) is 0 Å². The maximum Gasteiger partial charge on any atom is 0.226 e. The van der Waals surface area contributed by atoms with Crippen molar-refractivity contribution in [1.29, 1.82) is 0 Å². The summed E-state index contributed by atoms with van der Waals surface area (Å²) in [5, 5.41) is 6.58. The van der Waals surface area contributed by atoms with Crippen LogP contribution in [0.4, 0.5) is 4.39 Å². The van der Waals surface area contributed by atoms with Crippen LogP contribution in [-0.4, -0.2) is 24.5 Å². The number of hydrogen-bond acceptors (Lipinski definition) is 3. The molecule has 0 fully saturated rings. The summed E-state index contributed by atoms with van der Waals surface area (Å²) in [7, 11) is 1.75. The fraction of sp³-hybridized carbons (Fsp3) is 0.238. The quantitative estimate of drug-likeness (QED) is 0.516. The highest BCUT2D eigenvalue weighted by atomic mass is 19.1. The molecule has 0 radical (unpaired) electrons. The topological polar surface area (TPSA) is 62.5 Å². The number of oxazole rings is 1. The molecule has 0 aliphatic heterocycles. The minimum Gasteiger partial charge on any atom is -0.444 e. The first-order chi connectivity index (χ1) is 13.2. The lowest BCUT2D eigenvalue weighted by molar-refractivity contribution is 0.571. The average molecular weight is 366 g/mol. The Bertz CT molecular complexity index is 903. The number of benzene rings is 2. The van der Waals surface area contributed by atoms with E-state index in [1.54, 1.807) is 25.4 Å². The second kappa shape index (κ2) is 8.98. The zero-order chi connectivity index (χ0) is 19.1. The van der Waals surface area contributed by atoms with Crippen LogP contribution in [0, 0.1) is 12.7 Å². The molecule has 2 N–H and O–H groups in total. The van der Waals surface area contributed by atoms with Crippen LogP contribution in [0.1, 0.15) is 16.8 Å². The molecule has 3 aromatic rings. The molecule has 0 bridgehead atoms. The average Bonchev–Trinajstić information content (AvgIpc) is 3.15. The molecule has 0 aliphatic rings. The number of aryl methyl sites for hydroxylation is 1. The summed E-state index contributed by atoms with van der Waals surface area (Å²) in [4.78, 5) is 8.69. The van der Waals surface area contributed by atoms with E-state index in [2.05, 4.69) is 39.7 Å². The number of aliphatic imine (C=N–C) groups is 1. The fourth-order valence-corrected chi connectivity index (χ4v) is 2.66. The van der Waals surface area contributed by atoms with Gasteiger partial charge in [-0.2, -0.15) is 0 Å². The zero-order valence-corrected chi connectivity index (χ0v) is 15.5. The fourth-order valence-electron chi connectivity index (χ4n) is 2.66. The third-order valence-electron chi connectivity index (χ3n) is 4.25. The van der Waals surface area contributed by atoms with Crippen molar-refractivity contribution in [3.8, 4) is 11.5 Å². The minimum atomic E-state index is -0.278. The van der Waals surface area contributed by atoms with Gasteiger partial charge < -0.3 is 15.1 Å². The normalized spacial score (nSPS) is 11.4.